The van der Waals surface area contributed by atoms with Crippen LogP contribution in [0.4, 0.5) is 0 Å². The maximum Gasteiger partial charge on any atom is 0.496 e. The molecule has 5 heteroatoms. The fraction of sp³-hybridized carbons (Fsp3) is 0.462. The fourth-order valence-electron chi connectivity index (χ4n) is 1.74. The SMILES string of the molecule is C=Cc1ncc(B2OC(C)(C)C(C)(C)O2)cc1O. The molecule has 0 amide bonds. The highest BCUT2D eigenvalue weighted by Crippen LogP contribution is 2.36. The van der Waals surface area contributed by atoms with Crippen LogP contribution in [0.5, 0.6) is 5.75 Å². The van der Waals surface area contributed by atoms with Gasteiger partial charge in [-0.15, -0.1) is 0 Å². The van der Waals surface area contributed by atoms with Gasteiger partial charge in [-0.2, -0.15) is 0 Å². The van der Waals surface area contributed by atoms with Crippen LogP contribution in [0.15, 0.2) is 18.8 Å². The largest absolute Gasteiger partial charge is 0.506 e. The highest BCUT2D eigenvalue weighted by Gasteiger charge is 2.51. The van der Waals surface area contributed by atoms with Crippen molar-refractivity contribution in [3.63, 3.8) is 0 Å². The Bertz CT molecular complexity index is 469. The first-order valence-corrected chi connectivity index (χ1v) is 5.94. The second kappa shape index (κ2) is 4.11. The number of aromatic hydroxyl groups is 1. The lowest BCUT2D eigenvalue weighted by atomic mass is 9.80. The Hall–Kier alpha value is -1.33. The Balaban J connectivity index is 2.30. The molecule has 96 valence electrons. The van der Waals surface area contributed by atoms with E-state index in [0.717, 1.165) is 0 Å². The molecular formula is C13H18BNO3. The maximum absolute atomic E-state index is 9.77. The minimum Gasteiger partial charge on any atom is -0.506 e. The second-order valence-corrected chi connectivity index (χ2v) is 5.47. The average Bonchev–Trinajstić information content (AvgIpc) is 2.48. The molecule has 0 bridgehead atoms. The lowest BCUT2D eigenvalue weighted by Gasteiger charge is -2.32. The normalized spacial score (nSPS) is 21.0. The van der Waals surface area contributed by atoms with Gasteiger partial charge in [-0.05, 0) is 39.8 Å². The summed E-state index contributed by atoms with van der Waals surface area (Å²) in [6, 6.07) is 1.60. The first-order chi connectivity index (χ1) is 8.27. The third-order valence-electron chi connectivity index (χ3n) is 3.64. The zero-order chi connectivity index (χ0) is 13.6. The van der Waals surface area contributed by atoms with Gasteiger partial charge in [-0.3, -0.25) is 4.98 Å². The number of aromatic nitrogens is 1. The van der Waals surface area contributed by atoms with E-state index < -0.39 is 18.3 Å². The van der Waals surface area contributed by atoms with Crippen molar-refractivity contribution >= 4 is 18.7 Å². The van der Waals surface area contributed by atoms with Crippen molar-refractivity contribution in [2.24, 2.45) is 0 Å². The van der Waals surface area contributed by atoms with Crippen LogP contribution in [0.1, 0.15) is 33.4 Å². The summed E-state index contributed by atoms with van der Waals surface area (Å²) in [5.74, 6) is 0.0808. The van der Waals surface area contributed by atoms with E-state index in [1.807, 2.05) is 27.7 Å². The Morgan fingerprint density at radius 3 is 2.28 bits per heavy atom. The first-order valence-electron chi connectivity index (χ1n) is 5.94. The molecule has 1 aromatic heterocycles. The van der Waals surface area contributed by atoms with Crippen LogP contribution < -0.4 is 5.46 Å². The van der Waals surface area contributed by atoms with Crippen molar-refractivity contribution in [1.29, 1.82) is 0 Å². The van der Waals surface area contributed by atoms with Crippen LogP contribution in [0.3, 0.4) is 0 Å². The van der Waals surface area contributed by atoms with Gasteiger partial charge >= 0.3 is 7.12 Å². The summed E-state index contributed by atoms with van der Waals surface area (Å²) >= 11 is 0. The molecule has 0 aromatic carbocycles. The number of nitrogens with zero attached hydrogens (tertiary/aromatic N) is 1. The fourth-order valence-corrected chi connectivity index (χ4v) is 1.74. The van der Waals surface area contributed by atoms with E-state index in [1.54, 1.807) is 12.3 Å². The summed E-state index contributed by atoms with van der Waals surface area (Å²) in [6.45, 7) is 11.5. The quantitative estimate of drug-likeness (QED) is 0.808. The molecule has 1 aromatic rings. The van der Waals surface area contributed by atoms with Gasteiger partial charge in [-0.1, -0.05) is 6.58 Å². The second-order valence-electron chi connectivity index (χ2n) is 5.47. The molecule has 1 saturated heterocycles. The standard InChI is InChI=1S/C13H18BNO3/c1-6-10-11(16)7-9(8-15-10)14-17-12(2,3)13(4,5)18-14/h6-8,16H,1H2,2-5H3. The molecule has 0 atom stereocenters. The minimum absolute atomic E-state index is 0.0808. The number of hydrogen-bond acceptors (Lipinski definition) is 4. The van der Waals surface area contributed by atoms with Crippen molar-refractivity contribution in [3.8, 4) is 5.75 Å². The molecule has 0 unspecified atom stereocenters. The number of rotatable bonds is 2. The van der Waals surface area contributed by atoms with E-state index in [9.17, 15) is 5.11 Å². The zero-order valence-electron chi connectivity index (χ0n) is 11.2. The summed E-state index contributed by atoms with van der Waals surface area (Å²) < 4.78 is 11.8. The van der Waals surface area contributed by atoms with Gasteiger partial charge in [0.15, 0.2) is 0 Å². The molecular weight excluding hydrogens is 229 g/mol. The van der Waals surface area contributed by atoms with Crippen LogP contribution in [0, 0.1) is 0 Å². The van der Waals surface area contributed by atoms with Gasteiger partial charge in [0.05, 0.1) is 11.2 Å². The summed E-state index contributed by atoms with van der Waals surface area (Å²) in [4.78, 5) is 4.11. The zero-order valence-corrected chi connectivity index (χ0v) is 11.2. The molecule has 0 radical (unpaired) electrons. The third kappa shape index (κ3) is 2.04. The van der Waals surface area contributed by atoms with Gasteiger partial charge in [0.2, 0.25) is 0 Å². The van der Waals surface area contributed by atoms with E-state index in [4.69, 9.17) is 9.31 Å². The minimum atomic E-state index is -0.507. The third-order valence-corrected chi connectivity index (χ3v) is 3.64. The number of hydrogen-bond donors (Lipinski definition) is 1. The molecule has 1 N–H and O–H groups in total. The molecule has 2 rings (SSSR count). The van der Waals surface area contributed by atoms with Crippen LogP contribution in [0.2, 0.25) is 0 Å². The predicted octanol–water partition coefficient (Wildman–Crippen LogP) is 1.73. The molecule has 4 nitrogen and oxygen atoms in total. The van der Waals surface area contributed by atoms with Gasteiger partial charge in [0.25, 0.3) is 0 Å². The monoisotopic (exact) mass is 247 g/mol. The molecule has 1 aliphatic heterocycles. The van der Waals surface area contributed by atoms with E-state index in [-0.39, 0.29) is 5.75 Å². The molecule has 2 heterocycles. The molecule has 0 aliphatic carbocycles. The molecule has 1 aliphatic rings. The highest BCUT2D eigenvalue weighted by molar-refractivity contribution is 6.62. The van der Waals surface area contributed by atoms with E-state index >= 15 is 0 Å². The average molecular weight is 247 g/mol. The summed E-state index contributed by atoms with van der Waals surface area (Å²) in [6.07, 6.45) is 3.14. The Morgan fingerprint density at radius 2 is 1.83 bits per heavy atom. The molecule has 0 saturated carbocycles. The van der Waals surface area contributed by atoms with Crippen LogP contribution in [-0.2, 0) is 9.31 Å². The summed E-state index contributed by atoms with van der Waals surface area (Å²) in [5.41, 5.74) is 0.362. The molecule has 1 fully saturated rings. The molecule has 18 heavy (non-hydrogen) atoms. The Kier molecular flexibility index (Phi) is 2.99. The van der Waals surface area contributed by atoms with E-state index in [0.29, 0.717) is 11.2 Å². The van der Waals surface area contributed by atoms with Crippen molar-refractivity contribution in [1.82, 2.24) is 4.98 Å². The maximum atomic E-state index is 9.77. The lowest BCUT2D eigenvalue weighted by molar-refractivity contribution is 0.00578. The number of pyridine rings is 1. The van der Waals surface area contributed by atoms with Crippen LogP contribution in [-0.4, -0.2) is 28.4 Å². The van der Waals surface area contributed by atoms with E-state index in [1.165, 1.54) is 6.08 Å². The van der Waals surface area contributed by atoms with Crippen molar-refractivity contribution in [2.45, 2.75) is 38.9 Å². The van der Waals surface area contributed by atoms with Gasteiger partial charge in [-0.25, -0.2) is 0 Å². The Labute approximate surface area is 108 Å². The van der Waals surface area contributed by atoms with Crippen LogP contribution in [0.25, 0.3) is 6.08 Å². The first kappa shape index (κ1) is 13.1. The summed E-state index contributed by atoms with van der Waals surface area (Å²) in [5, 5.41) is 9.77. The van der Waals surface area contributed by atoms with Crippen molar-refractivity contribution < 1.29 is 14.4 Å². The highest BCUT2D eigenvalue weighted by atomic mass is 16.7. The van der Waals surface area contributed by atoms with Crippen molar-refractivity contribution in [2.75, 3.05) is 0 Å². The summed E-state index contributed by atoms with van der Waals surface area (Å²) in [7, 11) is -0.507. The smallest absolute Gasteiger partial charge is 0.496 e. The topological polar surface area (TPSA) is 51.6 Å². The van der Waals surface area contributed by atoms with Crippen molar-refractivity contribution in [3.05, 3.63) is 24.5 Å². The molecule has 0 spiro atoms. The van der Waals surface area contributed by atoms with Gasteiger partial charge in [0.1, 0.15) is 11.4 Å². The van der Waals surface area contributed by atoms with Gasteiger partial charge < -0.3 is 14.4 Å². The van der Waals surface area contributed by atoms with Crippen LogP contribution >= 0.6 is 0 Å². The van der Waals surface area contributed by atoms with E-state index in [2.05, 4.69) is 11.6 Å². The lowest BCUT2D eigenvalue weighted by Crippen LogP contribution is -2.41. The van der Waals surface area contributed by atoms with Gasteiger partial charge in [0, 0.05) is 11.7 Å². The Morgan fingerprint density at radius 1 is 1.28 bits per heavy atom. The predicted molar refractivity (Wildman–Crippen MR) is 71.7 cm³/mol.